The number of carboxylic acids is 1. The average Bonchev–Trinajstić information content (AvgIpc) is 2.10. The number of hydrogen-bond acceptors (Lipinski definition) is 4. The molecule has 0 bridgehead atoms. The molecule has 1 rings (SSSR count). The molecule has 14 heavy (non-hydrogen) atoms. The molecular formula is C7H7ClIN3O2. The molecule has 1 heterocycles. The molecule has 0 radical (unpaired) electrons. The van der Waals surface area contributed by atoms with Crippen molar-refractivity contribution in [1.82, 2.24) is 9.97 Å². The summed E-state index contributed by atoms with van der Waals surface area (Å²) < 4.78 is 0.803. The largest absolute Gasteiger partial charge is 0.481 e. The monoisotopic (exact) mass is 327 g/mol. The van der Waals surface area contributed by atoms with Crippen molar-refractivity contribution >= 4 is 46.0 Å². The number of carboxylic acid groups (broad SMARTS) is 1. The van der Waals surface area contributed by atoms with E-state index in [1.165, 1.54) is 0 Å². The second kappa shape index (κ2) is 5.30. The van der Waals surface area contributed by atoms with Crippen molar-refractivity contribution in [1.29, 1.82) is 0 Å². The predicted molar refractivity (Wildman–Crippen MR) is 60.5 cm³/mol. The third kappa shape index (κ3) is 3.62. The number of carbonyl (C=O) groups is 1. The molecule has 0 aliphatic rings. The molecule has 5 nitrogen and oxygen atoms in total. The molecule has 0 aliphatic carbocycles. The van der Waals surface area contributed by atoms with E-state index in [2.05, 4.69) is 15.3 Å². The van der Waals surface area contributed by atoms with Crippen LogP contribution in [0.25, 0.3) is 0 Å². The van der Waals surface area contributed by atoms with Crippen LogP contribution in [0.4, 0.5) is 5.82 Å². The van der Waals surface area contributed by atoms with Gasteiger partial charge in [-0.2, -0.15) is 4.98 Å². The summed E-state index contributed by atoms with van der Waals surface area (Å²) in [4.78, 5) is 17.9. The van der Waals surface area contributed by atoms with Gasteiger partial charge < -0.3 is 10.4 Å². The molecule has 0 fully saturated rings. The van der Waals surface area contributed by atoms with Gasteiger partial charge in [-0.05, 0) is 34.2 Å². The van der Waals surface area contributed by atoms with Gasteiger partial charge in [0.05, 0.1) is 9.99 Å². The van der Waals surface area contributed by atoms with E-state index in [-0.39, 0.29) is 11.7 Å². The van der Waals surface area contributed by atoms with Gasteiger partial charge >= 0.3 is 5.97 Å². The van der Waals surface area contributed by atoms with Crippen LogP contribution in [-0.4, -0.2) is 27.6 Å². The summed E-state index contributed by atoms with van der Waals surface area (Å²) in [7, 11) is 0. The summed E-state index contributed by atoms with van der Waals surface area (Å²) in [6.45, 7) is 0.318. The van der Waals surface area contributed by atoms with E-state index in [1.54, 1.807) is 6.20 Å². The molecular weight excluding hydrogens is 320 g/mol. The minimum absolute atomic E-state index is 0.0394. The summed E-state index contributed by atoms with van der Waals surface area (Å²) >= 11 is 7.62. The van der Waals surface area contributed by atoms with Gasteiger partial charge in [-0.15, -0.1) is 0 Å². The van der Waals surface area contributed by atoms with Crippen molar-refractivity contribution in [2.24, 2.45) is 0 Å². The number of halogens is 2. The highest BCUT2D eigenvalue weighted by Crippen LogP contribution is 2.15. The van der Waals surface area contributed by atoms with Gasteiger partial charge in [0.1, 0.15) is 5.82 Å². The number of nitrogens with zero attached hydrogens (tertiary/aromatic N) is 2. The van der Waals surface area contributed by atoms with Gasteiger partial charge in [-0.1, -0.05) is 0 Å². The van der Waals surface area contributed by atoms with Crippen molar-refractivity contribution in [3.63, 3.8) is 0 Å². The van der Waals surface area contributed by atoms with Crippen molar-refractivity contribution in [2.45, 2.75) is 6.42 Å². The third-order valence-corrected chi connectivity index (χ3v) is 2.32. The van der Waals surface area contributed by atoms with Crippen molar-refractivity contribution in [3.05, 3.63) is 15.1 Å². The van der Waals surface area contributed by atoms with Crippen LogP contribution in [0.3, 0.4) is 0 Å². The lowest BCUT2D eigenvalue weighted by Crippen LogP contribution is -2.10. The van der Waals surface area contributed by atoms with E-state index in [1.807, 2.05) is 22.6 Å². The zero-order valence-electron chi connectivity index (χ0n) is 7.00. The van der Waals surface area contributed by atoms with Crippen molar-refractivity contribution in [2.75, 3.05) is 11.9 Å². The smallest absolute Gasteiger partial charge is 0.305 e. The van der Waals surface area contributed by atoms with Crippen LogP contribution in [0.2, 0.25) is 5.28 Å². The maximum Gasteiger partial charge on any atom is 0.305 e. The van der Waals surface area contributed by atoms with Gasteiger partial charge in [0.15, 0.2) is 0 Å². The van der Waals surface area contributed by atoms with E-state index >= 15 is 0 Å². The number of anilines is 1. The number of aliphatic carboxylic acids is 1. The standard InChI is InChI=1S/C7H7ClIN3O2/c8-7-11-3-4(9)6(12-7)10-2-1-5(13)14/h3H,1-2H2,(H,13,14)(H,10,11,12). The summed E-state index contributed by atoms with van der Waals surface area (Å²) in [5, 5.41) is 11.4. The number of rotatable bonds is 4. The Bertz CT molecular complexity index is 348. The fourth-order valence-electron chi connectivity index (χ4n) is 0.757. The van der Waals surface area contributed by atoms with Gasteiger partial charge in [0.2, 0.25) is 5.28 Å². The molecule has 7 heteroatoms. The van der Waals surface area contributed by atoms with Gasteiger partial charge in [-0.3, -0.25) is 4.79 Å². The molecule has 2 N–H and O–H groups in total. The minimum Gasteiger partial charge on any atom is -0.481 e. The highest BCUT2D eigenvalue weighted by atomic mass is 127. The van der Waals surface area contributed by atoms with E-state index < -0.39 is 5.97 Å². The van der Waals surface area contributed by atoms with Crippen LogP contribution < -0.4 is 5.32 Å². The molecule has 0 saturated carbocycles. The Labute approximate surface area is 99.0 Å². The van der Waals surface area contributed by atoms with Crippen LogP contribution in [0, 0.1) is 3.57 Å². The van der Waals surface area contributed by atoms with Crippen LogP contribution >= 0.6 is 34.2 Å². The topological polar surface area (TPSA) is 75.1 Å². The molecule has 1 aromatic heterocycles. The lowest BCUT2D eigenvalue weighted by atomic mass is 10.4. The minimum atomic E-state index is -0.854. The maximum atomic E-state index is 10.2. The summed E-state index contributed by atoms with van der Waals surface area (Å²) in [5.74, 6) is -0.292. The maximum absolute atomic E-state index is 10.2. The zero-order chi connectivity index (χ0) is 10.6. The molecule has 0 spiro atoms. The lowest BCUT2D eigenvalue weighted by molar-refractivity contribution is -0.136. The first-order valence-electron chi connectivity index (χ1n) is 3.73. The molecule has 0 saturated heterocycles. The zero-order valence-corrected chi connectivity index (χ0v) is 9.91. The normalized spacial score (nSPS) is 9.86. The fourth-order valence-corrected chi connectivity index (χ4v) is 1.34. The van der Waals surface area contributed by atoms with Gasteiger partial charge in [0.25, 0.3) is 0 Å². The Morgan fingerprint density at radius 2 is 2.43 bits per heavy atom. The Morgan fingerprint density at radius 1 is 1.71 bits per heavy atom. The van der Waals surface area contributed by atoms with E-state index in [9.17, 15) is 4.79 Å². The number of aromatic nitrogens is 2. The van der Waals surface area contributed by atoms with Crippen LogP contribution in [0.5, 0.6) is 0 Å². The summed E-state index contributed by atoms with van der Waals surface area (Å²) in [6.07, 6.45) is 1.61. The number of hydrogen-bond donors (Lipinski definition) is 2. The van der Waals surface area contributed by atoms with Crippen molar-refractivity contribution < 1.29 is 9.90 Å². The Kier molecular flexibility index (Phi) is 4.33. The first kappa shape index (κ1) is 11.4. The highest BCUT2D eigenvalue weighted by molar-refractivity contribution is 14.1. The van der Waals surface area contributed by atoms with E-state index in [4.69, 9.17) is 16.7 Å². The van der Waals surface area contributed by atoms with Crippen LogP contribution in [0.15, 0.2) is 6.20 Å². The molecule has 0 amide bonds. The third-order valence-electron chi connectivity index (χ3n) is 1.35. The first-order valence-corrected chi connectivity index (χ1v) is 5.19. The highest BCUT2D eigenvalue weighted by Gasteiger charge is 2.03. The quantitative estimate of drug-likeness (QED) is 0.649. The van der Waals surface area contributed by atoms with Crippen molar-refractivity contribution in [3.8, 4) is 0 Å². The fraction of sp³-hybridized carbons (Fsp3) is 0.286. The van der Waals surface area contributed by atoms with Crippen LogP contribution in [0.1, 0.15) is 6.42 Å². The molecule has 0 atom stereocenters. The molecule has 0 aromatic carbocycles. The van der Waals surface area contributed by atoms with Crippen LogP contribution in [-0.2, 0) is 4.79 Å². The van der Waals surface area contributed by atoms with E-state index in [0.717, 1.165) is 3.57 Å². The summed E-state index contributed by atoms with van der Waals surface area (Å²) in [6, 6.07) is 0. The van der Waals surface area contributed by atoms with Gasteiger partial charge in [0, 0.05) is 12.7 Å². The second-order valence-electron chi connectivity index (χ2n) is 2.41. The van der Waals surface area contributed by atoms with Gasteiger partial charge in [-0.25, -0.2) is 4.98 Å². The number of nitrogens with one attached hydrogen (secondary N) is 1. The first-order chi connectivity index (χ1) is 6.59. The predicted octanol–water partition coefficient (Wildman–Crippen LogP) is 1.62. The SMILES string of the molecule is O=C(O)CCNc1nc(Cl)ncc1I. The average molecular weight is 328 g/mol. The molecule has 0 unspecified atom stereocenters. The Morgan fingerprint density at radius 3 is 3.07 bits per heavy atom. The Balaban J connectivity index is 2.57. The molecule has 0 aliphatic heterocycles. The van der Waals surface area contributed by atoms with E-state index in [0.29, 0.717) is 12.4 Å². The second-order valence-corrected chi connectivity index (χ2v) is 3.91. The molecule has 76 valence electrons. The lowest BCUT2D eigenvalue weighted by Gasteiger charge is -2.05. The summed E-state index contributed by atoms with van der Waals surface area (Å²) in [5.41, 5.74) is 0. The Hall–Kier alpha value is -0.630. The molecule has 1 aromatic rings.